The highest BCUT2D eigenvalue weighted by Gasteiger charge is 2.23. The van der Waals surface area contributed by atoms with E-state index in [-0.39, 0.29) is 6.04 Å². The predicted octanol–water partition coefficient (Wildman–Crippen LogP) is 4.30. The van der Waals surface area contributed by atoms with E-state index in [4.69, 9.17) is 4.74 Å². The summed E-state index contributed by atoms with van der Waals surface area (Å²) in [4.78, 5) is 0. The summed E-state index contributed by atoms with van der Waals surface area (Å²) in [5, 5.41) is 3.38. The highest BCUT2D eigenvalue weighted by atomic mass is 79.9. The first-order valence-electron chi connectivity index (χ1n) is 6.96. The number of nitrogens with one attached hydrogen (secondary N) is 1. The second-order valence-electron chi connectivity index (χ2n) is 5.13. The summed E-state index contributed by atoms with van der Waals surface area (Å²) in [6, 6.07) is 16.9. The van der Waals surface area contributed by atoms with Crippen LogP contribution in [-0.4, -0.2) is 13.2 Å². The molecular weight excluding hydrogens is 314 g/mol. The standard InChI is InChI=1S/C17H18BrNO/c1-19-17(15-4-2-3-5-16(15)18)12-6-8-13(9-7-12)20-14-10-11-14/h2-9,14,17,19H,10-11H2,1H3. The van der Waals surface area contributed by atoms with Gasteiger partial charge in [-0.15, -0.1) is 0 Å². The van der Waals surface area contributed by atoms with Gasteiger partial charge < -0.3 is 10.1 Å². The number of hydrogen-bond donors (Lipinski definition) is 1. The van der Waals surface area contributed by atoms with Crippen molar-refractivity contribution in [3.8, 4) is 5.75 Å². The van der Waals surface area contributed by atoms with Gasteiger partial charge in [0.2, 0.25) is 0 Å². The Hall–Kier alpha value is -1.32. The molecule has 0 bridgehead atoms. The van der Waals surface area contributed by atoms with E-state index in [2.05, 4.69) is 63.7 Å². The molecule has 3 heteroatoms. The SMILES string of the molecule is CNC(c1ccc(OC2CC2)cc1)c1ccccc1Br. The molecule has 1 fully saturated rings. The van der Waals surface area contributed by atoms with E-state index < -0.39 is 0 Å². The van der Waals surface area contributed by atoms with Crippen molar-refractivity contribution in [3.63, 3.8) is 0 Å². The summed E-state index contributed by atoms with van der Waals surface area (Å²) in [7, 11) is 1.98. The van der Waals surface area contributed by atoms with Crippen molar-refractivity contribution in [2.24, 2.45) is 0 Å². The minimum Gasteiger partial charge on any atom is -0.490 e. The molecule has 0 spiro atoms. The van der Waals surface area contributed by atoms with Crippen molar-refractivity contribution in [1.29, 1.82) is 0 Å². The first-order valence-corrected chi connectivity index (χ1v) is 7.75. The van der Waals surface area contributed by atoms with Gasteiger partial charge in [-0.2, -0.15) is 0 Å². The van der Waals surface area contributed by atoms with Crippen molar-refractivity contribution >= 4 is 15.9 Å². The van der Waals surface area contributed by atoms with Gasteiger partial charge in [-0.1, -0.05) is 46.3 Å². The zero-order chi connectivity index (χ0) is 13.9. The van der Waals surface area contributed by atoms with Crippen molar-refractivity contribution in [3.05, 3.63) is 64.1 Å². The van der Waals surface area contributed by atoms with Crippen LogP contribution < -0.4 is 10.1 Å². The lowest BCUT2D eigenvalue weighted by molar-refractivity contribution is 0.303. The van der Waals surface area contributed by atoms with Gasteiger partial charge in [0.05, 0.1) is 12.1 Å². The number of benzene rings is 2. The van der Waals surface area contributed by atoms with Crippen molar-refractivity contribution in [1.82, 2.24) is 5.32 Å². The second-order valence-corrected chi connectivity index (χ2v) is 5.98. The minimum absolute atomic E-state index is 0.181. The Morgan fingerprint density at radius 1 is 1.10 bits per heavy atom. The molecule has 0 aliphatic heterocycles. The van der Waals surface area contributed by atoms with Gasteiger partial charge in [-0.25, -0.2) is 0 Å². The van der Waals surface area contributed by atoms with E-state index in [1.807, 2.05) is 13.1 Å². The quantitative estimate of drug-likeness (QED) is 0.881. The van der Waals surface area contributed by atoms with Crippen LogP contribution in [-0.2, 0) is 0 Å². The Balaban J connectivity index is 1.83. The minimum atomic E-state index is 0.181. The average Bonchev–Trinajstić information content (AvgIpc) is 3.27. The van der Waals surface area contributed by atoms with Gasteiger partial charge in [0.25, 0.3) is 0 Å². The van der Waals surface area contributed by atoms with E-state index in [9.17, 15) is 0 Å². The van der Waals surface area contributed by atoms with Crippen LogP contribution in [0.3, 0.4) is 0 Å². The highest BCUT2D eigenvalue weighted by Crippen LogP contribution is 2.31. The molecule has 0 heterocycles. The Kier molecular flexibility index (Phi) is 4.08. The number of ether oxygens (including phenoxy) is 1. The van der Waals surface area contributed by atoms with E-state index in [0.717, 1.165) is 10.2 Å². The summed E-state index contributed by atoms with van der Waals surface area (Å²) in [5.41, 5.74) is 2.48. The Morgan fingerprint density at radius 3 is 2.40 bits per heavy atom. The fraction of sp³-hybridized carbons (Fsp3) is 0.294. The van der Waals surface area contributed by atoms with Gasteiger partial charge in [-0.3, -0.25) is 0 Å². The molecular formula is C17H18BrNO. The molecule has 104 valence electrons. The molecule has 1 N–H and O–H groups in total. The fourth-order valence-electron chi connectivity index (χ4n) is 2.33. The zero-order valence-corrected chi connectivity index (χ0v) is 13.1. The van der Waals surface area contributed by atoms with Crippen molar-refractivity contribution in [2.45, 2.75) is 25.0 Å². The Labute approximate surface area is 128 Å². The van der Waals surface area contributed by atoms with Crippen LogP contribution >= 0.6 is 15.9 Å². The first-order chi connectivity index (χ1) is 9.78. The van der Waals surface area contributed by atoms with Crippen molar-refractivity contribution in [2.75, 3.05) is 7.05 Å². The van der Waals surface area contributed by atoms with Crippen LogP contribution in [0.25, 0.3) is 0 Å². The molecule has 1 aliphatic carbocycles. The number of hydrogen-bond acceptors (Lipinski definition) is 2. The van der Waals surface area contributed by atoms with Crippen LogP contribution in [0.2, 0.25) is 0 Å². The molecule has 1 unspecified atom stereocenters. The molecule has 0 saturated heterocycles. The van der Waals surface area contributed by atoms with E-state index in [1.165, 1.54) is 24.0 Å². The molecule has 2 nitrogen and oxygen atoms in total. The van der Waals surface area contributed by atoms with Gasteiger partial charge in [0, 0.05) is 4.47 Å². The topological polar surface area (TPSA) is 21.3 Å². The summed E-state index contributed by atoms with van der Waals surface area (Å²) in [6.07, 6.45) is 2.83. The lowest BCUT2D eigenvalue weighted by Gasteiger charge is -2.19. The number of halogens is 1. The molecule has 0 amide bonds. The smallest absolute Gasteiger partial charge is 0.119 e. The molecule has 1 aliphatic rings. The third-order valence-electron chi connectivity index (χ3n) is 3.55. The largest absolute Gasteiger partial charge is 0.490 e. The van der Waals surface area contributed by atoms with E-state index >= 15 is 0 Å². The molecule has 1 saturated carbocycles. The average molecular weight is 332 g/mol. The van der Waals surface area contributed by atoms with Crippen LogP contribution in [0.15, 0.2) is 53.0 Å². The van der Waals surface area contributed by atoms with Crippen LogP contribution in [0.1, 0.15) is 30.0 Å². The molecule has 20 heavy (non-hydrogen) atoms. The van der Waals surface area contributed by atoms with E-state index in [1.54, 1.807) is 0 Å². The first kappa shape index (κ1) is 13.7. The highest BCUT2D eigenvalue weighted by molar-refractivity contribution is 9.10. The molecule has 2 aromatic carbocycles. The molecule has 0 radical (unpaired) electrons. The lowest BCUT2D eigenvalue weighted by Crippen LogP contribution is -2.18. The number of rotatable bonds is 5. The normalized spacial score (nSPS) is 15.9. The molecule has 0 aromatic heterocycles. The molecule has 3 rings (SSSR count). The van der Waals surface area contributed by atoms with Gasteiger partial charge >= 0.3 is 0 Å². The molecule has 1 atom stereocenters. The van der Waals surface area contributed by atoms with Crippen LogP contribution in [0.5, 0.6) is 5.75 Å². The lowest BCUT2D eigenvalue weighted by atomic mass is 9.99. The third kappa shape index (κ3) is 3.05. The summed E-state index contributed by atoms with van der Waals surface area (Å²) >= 11 is 3.63. The summed E-state index contributed by atoms with van der Waals surface area (Å²) in [5.74, 6) is 0.971. The van der Waals surface area contributed by atoms with Gasteiger partial charge in [-0.05, 0) is 49.2 Å². The maximum Gasteiger partial charge on any atom is 0.119 e. The Morgan fingerprint density at radius 2 is 1.80 bits per heavy atom. The second kappa shape index (κ2) is 5.98. The summed E-state index contributed by atoms with van der Waals surface area (Å²) < 4.78 is 6.92. The van der Waals surface area contributed by atoms with Crippen LogP contribution in [0, 0.1) is 0 Å². The van der Waals surface area contributed by atoms with Gasteiger partial charge in [0.1, 0.15) is 5.75 Å². The summed E-state index contributed by atoms with van der Waals surface area (Å²) in [6.45, 7) is 0. The van der Waals surface area contributed by atoms with Crippen LogP contribution in [0.4, 0.5) is 0 Å². The fourth-order valence-corrected chi connectivity index (χ4v) is 2.84. The van der Waals surface area contributed by atoms with E-state index in [0.29, 0.717) is 6.10 Å². The molecule has 2 aromatic rings. The monoisotopic (exact) mass is 331 g/mol. The maximum absolute atomic E-state index is 5.79. The van der Waals surface area contributed by atoms with Gasteiger partial charge in [0.15, 0.2) is 0 Å². The van der Waals surface area contributed by atoms with Crippen molar-refractivity contribution < 1.29 is 4.74 Å². The Bertz CT molecular complexity index is 578. The zero-order valence-electron chi connectivity index (χ0n) is 11.5. The predicted molar refractivity (Wildman–Crippen MR) is 85.1 cm³/mol. The maximum atomic E-state index is 5.79. The third-order valence-corrected chi connectivity index (χ3v) is 4.27.